The Balaban J connectivity index is 0.000000266. The molecule has 0 aromatic heterocycles. The van der Waals surface area contributed by atoms with E-state index in [1.807, 2.05) is 17.0 Å². The van der Waals surface area contributed by atoms with Gasteiger partial charge in [0.25, 0.3) is 0 Å². The molecule has 10 heteroatoms. The molecule has 0 spiro atoms. The number of rotatable bonds is 11. The van der Waals surface area contributed by atoms with Crippen molar-refractivity contribution in [3.63, 3.8) is 0 Å². The van der Waals surface area contributed by atoms with E-state index >= 15 is 0 Å². The number of fused-ring (bicyclic) bond motifs is 1. The molecule has 0 radical (unpaired) electrons. The quantitative estimate of drug-likeness (QED) is 0.215. The van der Waals surface area contributed by atoms with E-state index in [1.165, 1.54) is 70.0 Å². The third-order valence-corrected chi connectivity index (χ3v) is 13.4. The van der Waals surface area contributed by atoms with Gasteiger partial charge in [-0.2, -0.15) is 0 Å². The first-order valence-corrected chi connectivity index (χ1v) is 27.0. The lowest BCUT2D eigenvalue weighted by atomic mass is 9.96. The summed E-state index contributed by atoms with van der Waals surface area (Å²) in [6, 6.07) is 7.56. The lowest BCUT2D eigenvalue weighted by molar-refractivity contribution is -0.127. The minimum absolute atomic E-state index is 0.352. The molecule has 0 saturated carbocycles. The summed E-state index contributed by atoms with van der Waals surface area (Å²) < 4.78 is 31.6. The molecule has 8 rings (SSSR count). The van der Waals surface area contributed by atoms with E-state index in [4.69, 9.17) is 28.4 Å². The number of nitrogens with zero attached hydrogens (tertiary/aromatic N) is 3. The number of morpholine rings is 1. The second-order valence-electron chi connectivity index (χ2n) is 22.0. The minimum Gasteiger partial charge on any atom is -0.454 e. The molecule has 6 saturated heterocycles. The highest BCUT2D eigenvalue weighted by Crippen LogP contribution is 2.34. The lowest BCUT2D eigenvalue weighted by Gasteiger charge is -2.29. The summed E-state index contributed by atoms with van der Waals surface area (Å²) >= 11 is 0. The summed E-state index contributed by atoms with van der Waals surface area (Å²) in [6.45, 7) is 45.3. The van der Waals surface area contributed by atoms with Gasteiger partial charge in [-0.3, -0.25) is 9.69 Å². The van der Waals surface area contributed by atoms with E-state index in [9.17, 15) is 4.79 Å². The molecule has 0 aliphatic carbocycles. The van der Waals surface area contributed by atoms with Crippen molar-refractivity contribution in [3.05, 3.63) is 23.8 Å². The van der Waals surface area contributed by atoms with Gasteiger partial charge in [-0.25, -0.2) is 0 Å². The normalized spacial score (nSPS) is 22.7. The van der Waals surface area contributed by atoms with Crippen LogP contribution < -0.4 is 9.47 Å². The highest BCUT2D eigenvalue weighted by Gasteiger charge is 2.21. The van der Waals surface area contributed by atoms with Gasteiger partial charge in [-0.15, -0.1) is 0 Å². The third-order valence-electron chi connectivity index (χ3n) is 13.4. The van der Waals surface area contributed by atoms with Gasteiger partial charge in [-0.05, 0) is 164 Å². The number of carbonyl (C=O) groups is 1. The predicted octanol–water partition coefficient (Wildman–Crippen LogP) is 12.4. The van der Waals surface area contributed by atoms with Crippen molar-refractivity contribution in [2.45, 2.75) is 192 Å². The second-order valence-corrected chi connectivity index (χ2v) is 22.0. The Kier molecular flexibility index (Phi) is 32.1. The van der Waals surface area contributed by atoms with E-state index in [2.05, 4.69) is 113 Å². The second kappa shape index (κ2) is 35.2. The van der Waals surface area contributed by atoms with Crippen molar-refractivity contribution in [2.24, 2.45) is 35.5 Å². The summed E-state index contributed by atoms with van der Waals surface area (Å²) in [7, 11) is 0. The first-order valence-electron chi connectivity index (χ1n) is 27.0. The molecule has 1 aromatic rings. The highest BCUT2D eigenvalue weighted by atomic mass is 16.7. The average molecular weight is 932 g/mol. The molecule has 10 nitrogen and oxygen atoms in total. The molecule has 3 unspecified atom stereocenters. The molecule has 3 atom stereocenters. The van der Waals surface area contributed by atoms with Crippen molar-refractivity contribution in [3.8, 4) is 11.5 Å². The molecule has 1 amide bonds. The van der Waals surface area contributed by atoms with Gasteiger partial charge in [0, 0.05) is 77.7 Å². The maximum Gasteiger partial charge on any atom is 0.231 e. The first-order chi connectivity index (χ1) is 31.5. The van der Waals surface area contributed by atoms with Crippen LogP contribution in [0.15, 0.2) is 18.2 Å². The zero-order valence-corrected chi connectivity index (χ0v) is 45.4. The zero-order valence-electron chi connectivity index (χ0n) is 45.4. The van der Waals surface area contributed by atoms with Crippen LogP contribution in [0.3, 0.4) is 0 Å². The van der Waals surface area contributed by atoms with Gasteiger partial charge in [-0.1, -0.05) is 75.3 Å². The molecule has 0 bridgehead atoms. The predicted molar refractivity (Wildman–Crippen MR) is 276 cm³/mol. The molecule has 7 aliphatic rings. The van der Waals surface area contributed by atoms with Crippen LogP contribution in [0.1, 0.15) is 179 Å². The average Bonchev–Trinajstić information content (AvgIpc) is 4.13. The molecule has 386 valence electrons. The van der Waals surface area contributed by atoms with Crippen LogP contribution in [-0.4, -0.2) is 131 Å². The Hall–Kier alpha value is -1.95. The smallest absolute Gasteiger partial charge is 0.231 e. The Bertz CT molecular complexity index is 1280. The van der Waals surface area contributed by atoms with Crippen LogP contribution in [0.4, 0.5) is 0 Å². The standard InChI is InChI=1S/C10H12O2.C9H17NO.2C8H16O.C7H15NO.C7H15N.C7H14O/c1-7(2)8-3-4-9-10(5-8)12-6-11-9;1-8(2)5-7-10-6-3-4-9(10)11;1-7(2)5-8-3-4-9-6-8;1-7(2)6-8-4-3-5-9-8;1-7(2)8-3-5-9-6-4-8;1-7(2)8-5-3-4-6-8;1-6(2)7-3-4-8-5-7/h3-5,7H,6H2,1-2H3;8H,3-7H2,1-2H3;2*7-8H,3-6H2,1-2H3;7H,3-6H2,1-2H3;7H,3-6H2,1-2H3;6-7H,3-5H2,1-2H3. The summed E-state index contributed by atoms with van der Waals surface area (Å²) in [5.74, 6) is 7.51. The monoisotopic (exact) mass is 932 g/mol. The van der Waals surface area contributed by atoms with Gasteiger partial charge < -0.3 is 38.2 Å². The molecular formula is C56H105N3O7. The number of ether oxygens (including phenoxy) is 6. The highest BCUT2D eigenvalue weighted by molar-refractivity contribution is 5.78. The van der Waals surface area contributed by atoms with E-state index in [-0.39, 0.29) is 0 Å². The van der Waals surface area contributed by atoms with Crippen LogP contribution >= 0.6 is 0 Å². The van der Waals surface area contributed by atoms with Crippen molar-refractivity contribution in [2.75, 3.05) is 92.3 Å². The van der Waals surface area contributed by atoms with Crippen molar-refractivity contribution < 1.29 is 33.2 Å². The van der Waals surface area contributed by atoms with Gasteiger partial charge in [0.05, 0.1) is 19.3 Å². The summed E-state index contributed by atoms with van der Waals surface area (Å²) in [6.07, 6.45) is 14.1. The van der Waals surface area contributed by atoms with E-state index < -0.39 is 0 Å². The fourth-order valence-electron chi connectivity index (χ4n) is 8.85. The van der Waals surface area contributed by atoms with E-state index in [0.717, 1.165) is 139 Å². The number of amides is 1. The summed E-state index contributed by atoms with van der Waals surface area (Å²) in [5.41, 5.74) is 1.29. The molecule has 7 heterocycles. The minimum atomic E-state index is 0.352. The van der Waals surface area contributed by atoms with Crippen LogP contribution in [0, 0.1) is 35.5 Å². The Morgan fingerprint density at radius 1 is 0.591 bits per heavy atom. The van der Waals surface area contributed by atoms with Gasteiger partial charge in [0.15, 0.2) is 11.5 Å². The van der Waals surface area contributed by atoms with Crippen molar-refractivity contribution in [1.29, 1.82) is 0 Å². The maximum atomic E-state index is 11.1. The molecule has 6 fully saturated rings. The fraction of sp³-hybridized carbons (Fsp3) is 0.875. The largest absolute Gasteiger partial charge is 0.454 e. The Morgan fingerprint density at radius 2 is 1.21 bits per heavy atom. The van der Waals surface area contributed by atoms with Crippen molar-refractivity contribution >= 4 is 5.91 Å². The molecular weight excluding hydrogens is 827 g/mol. The van der Waals surface area contributed by atoms with Gasteiger partial charge in [0.2, 0.25) is 12.7 Å². The zero-order chi connectivity index (χ0) is 48.9. The number of hydrogen-bond acceptors (Lipinski definition) is 9. The molecule has 66 heavy (non-hydrogen) atoms. The van der Waals surface area contributed by atoms with Crippen LogP contribution in [-0.2, 0) is 23.7 Å². The number of carbonyl (C=O) groups excluding carboxylic acids is 1. The summed E-state index contributed by atoms with van der Waals surface area (Å²) in [4.78, 5) is 18.1. The fourth-order valence-corrected chi connectivity index (χ4v) is 8.85. The maximum absolute atomic E-state index is 11.1. The van der Waals surface area contributed by atoms with Gasteiger partial charge in [0.1, 0.15) is 0 Å². The first kappa shape index (κ1) is 60.2. The number of hydrogen-bond donors (Lipinski definition) is 0. The van der Waals surface area contributed by atoms with Crippen LogP contribution in [0.2, 0.25) is 0 Å². The van der Waals surface area contributed by atoms with E-state index in [0.29, 0.717) is 36.7 Å². The van der Waals surface area contributed by atoms with Crippen LogP contribution in [0.25, 0.3) is 0 Å². The topological polar surface area (TPSA) is 82.2 Å². The Labute approximate surface area is 407 Å². The lowest BCUT2D eigenvalue weighted by Crippen LogP contribution is -2.40. The van der Waals surface area contributed by atoms with Crippen molar-refractivity contribution in [1.82, 2.24) is 14.7 Å². The SMILES string of the molecule is CC(C)C1CCOC1.CC(C)CC1CCCO1.CC(C)CC1CCOC1.CC(C)CCN1CCCC1=O.CC(C)N1CCCC1.CC(C)N1CCOCC1.CC(C)c1ccc2c(c1)OCO2. The van der Waals surface area contributed by atoms with Gasteiger partial charge >= 0.3 is 0 Å². The molecule has 0 N–H and O–H groups in total. The summed E-state index contributed by atoms with van der Waals surface area (Å²) in [5, 5.41) is 0. The number of likely N-dealkylation sites (tertiary alicyclic amines) is 2. The Morgan fingerprint density at radius 3 is 1.65 bits per heavy atom. The van der Waals surface area contributed by atoms with E-state index in [1.54, 1.807) is 0 Å². The number of benzene rings is 1. The third kappa shape index (κ3) is 27.3. The molecule has 1 aromatic carbocycles. The molecule has 7 aliphatic heterocycles. The van der Waals surface area contributed by atoms with Crippen LogP contribution in [0.5, 0.6) is 11.5 Å².